The van der Waals surface area contributed by atoms with Crippen LogP contribution in [-0.4, -0.2) is 17.5 Å². The van der Waals surface area contributed by atoms with E-state index >= 15 is 0 Å². The van der Waals surface area contributed by atoms with Gasteiger partial charge in [-0.3, -0.25) is 14.9 Å². The molecule has 0 aliphatic carbocycles. The number of aromatic nitrogens is 1. The molecule has 3 aromatic carbocycles. The predicted molar refractivity (Wildman–Crippen MR) is 127 cm³/mol. The normalized spacial score (nSPS) is 11.0. The van der Waals surface area contributed by atoms with Crippen molar-refractivity contribution < 1.29 is 13.9 Å². The van der Waals surface area contributed by atoms with Crippen molar-refractivity contribution >= 4 is 55.2 Å². The number of nitrogens with one attached hydrogen (secondary N) is 1. The number of carbonyl (C=O) groups excluding carboxylic acids is 1. The van der Waals surface area contributed by atoms with Gasteiger partial charge in [0.05, 0.1) is 15.6 Å². The fourth-order valence-electron chi connectivity index (χ4n) is 3.27. The third-order valence-electron chi connectivity index (χ3n) is 4.75. The van der Waals surface area contributed by atoms with Gasteiger partial charge in [0.15, 0.2) is 17.5 Å². The lowest BCUT2D eigenvalue weighted by molar-refractivity contribution is -0.118. The number of thiazole rings is 1. The zero-order chi connectivity index (χ0) is 22.1. The average molecular weight is 463 g/mol. The standard InChI is InChI=1S/C24H15ClN2O4S/c25-15-11-9-14(10-12-15)22-23(21(29)16-5-1-3-7-18(16)31-22)30-13-20(28)27-24-26-17-6-2-4-8-19(17)32-24/h1-12H,13H2,(H,26,27,28). The molecule has 0 saturated heterocycles. The van der Waals surface area contributed by atoms with Gasteiger partial charge in [-0.1, -0.05) is 47.2 Å². The number of fused-ring (bicyclic) bond motifs is 2. The van der Waals surface area contributed by atoms with Crippen molar-refractivity contribution in [3.05, 3.63) is 88.0 Å². The first kappa shape index (κ1) is 20.2. The lowest BCUT2D eigenvalue weighted by atomic mass is 10.1. The third-order valence-corrected chi connectivity index (χ3v) is 5.95. The lowest BCUT2D eigenvalue weighted by Crippen LogP contribution is -2.22. The van der Waals surface area contributed by atoms with Crippen LogP contribution in [0.25, 0.3) is 32.5 Å². The van der Waals surface area contributed by atoms with E-state index in [-0.39, 0.29) is 23.5 Å². The maximum atomic E-state index is 13.1. The van der Waals surface area contributed by atoms with Crippen LogP contribution in [-0.2, 0) is 4.79 Å². The number of para-hydroxylation sites is 2. The molecule has 0 fully saturated rings. The molecule has 0 aliphatic heterocycles. The van der Waals surface area contributed by atoms with E-state index in [1.807, 2.05) is 24.3 Å². The van der Waals surface area contributed by atoms with Gasteiger partial charge in [0, 0.05) is 10.6 Å². The summed E-state index contributed by atoms with van der Waals surface area (Å²) < 4.78 is 12.6. The number of hydrogen-bond acceptors (Lipinski definition) is 6. The Bertz CT molecular complexity index is 1480. The second kappa shape index (κ2) is 8.45. The van der Waals surface area contributed by atoms with E-state index in [1.165, 1.54) is 11.3 Å². The molecule has 6 nitrogen and oxygen atoms in total. The van der Waals surface area contributed by atoms with Gasteiger partial charge < -0.3 is 9.15 Å². The quantitative estimate of drug-likeness (QED) is 0.360. The van der Waals surface area contributed by atoms with Crippen LogP contribution in [0.2, 0.25) is 5.02 Å². The SMILES string of the molecule is O=C(COc1c(-c2ccc(Cl)cc2)oc2ccccc2c1=O)Nc1nc2ccccc2s1. The first-order valence-electron chi connectivity index (χ1n) is 9.68. The Labute approximate surface area is 191 Å². The summed E-state index contributed by atoms with van der Waals surface area (Å²) in [4.78, 5) is 30.0. The van der Waals surface area contributed by atoms with Crippen LogP contribution in [0.3, 0.4) is 0 Å². The topological polar surface area (TPSA) is 81.4 Å². The number of halogens is 1. The molecule has 2 aromatic heterocycles. The zero-order valence-electron chi connectivity index (χ0n) is 16.5. The van der Waals surface area contributed by atoms with Crippen LogP contribution < -0.4 is 15.5 Å². The Morgan fingerprint density at radius 2 is 1.78 bits per heavy atom. The monoisotopic (exact) mass is 462 g/mol. The van der Waals surface area contributed by atoms with E-state index in [4.69, 9.17) is 20.8 Å². The molecule has 0 radical (unpaired) electrons. The van der Waals surface area contributed by atoms with Crippen molar-refractivity contribution in [3.63, 3.8) is 0 Å². The van der Waals surface area contributed by atoms with E-state index in [9.17, 15) is 9.59 Å². The van der Waals surface area contributed by atoms with Gasteiger partial charge in [0.1, 0.15) is 5.58 Å². The summed E-state index contributed by atoms with van der Waals surface area (Å²) in [6, 6.07) is 21.3. The number of benzene rings is 3. The maximum Gasteiger partial charge on any atom is 0.264 e. The molecule has 0 bridgehead atoms. The summed E-state index contributed by atoms with van der Waals surface area (Å²) in [6.07, 6.45) is 0. The van der Waals surface area contributed by atoms with Crippen LogP contribution in [0.5, 0.6) is 5.75 Å². The number of anilines is 1. The third kappa shape index (κ3) is 3.95. The highest BCUT2D eigenvalue weighted by molar-refractivity contribution is 7.22. The van der Waals surface area contributed by atoms with Crippen molar-refractivity contribution in [2.24, 2.45) is 0 Å². The van der Waals surface area contributed by atoms with Gasteiger partial charge in [-0.05, 0) is 48.5 Å². The molecule has 5 aromatic rings. The summed E-state index contributed by atoms with van der Waals surface area (Å²) in [5.41, 5.74) is 1.48. The van der Waals surface area contributed by atoms with Gasteiger partial charge in [-0.25, -0.2) is 4.98 Å². The highest BCUT2D eigenvalue weighted by Crippen LogP contribution is 2.32. The molecule has 1 amide bonds. The molecule has 0 aliphatic rings. The van der Waals surface area contributed by atoms with Crippen LogP contribution in [0.1, 0.15) is 0 Å². The minimum Gasteiger partial charge on any atom is -0.476 e. The molecular formula is C24H15ClN2O4S. The molecule has 0 saturated carbocycles. The Morgan fingerprint density at radius 3 is 2.59 bits per heavy atom. The molecule has 0 spiro atoms. The van der Waals surface area contributed by atoms with E-state index in [1.54, 1.807) is 48.5 Å². The van der Waals surface area contributed by atoms with Crippen LogP contribution in [0, 0.1) is 0 Å². The molecule has 1 N–H and O–H groups in total. The minimum atomic E-state index is -0.432. The molecule has 158 valence electrons. The highest BCUT2D eigenvalue weighted by Gasteiger charge is 2.19. The maximum absolute atomic E-state index is 13.1. The van der Waals surface area contributed by atoms with Gasteiger partial charge in [-0.2, -0.15) is 0 Å². The number of ether oxygens (including phenoxy) is 1. The van der Waals surface area contributed by atoms with Crippen LogP contribution in [0.4, 0.5) is 5.13 Å². The van der Waals surface area contributed by atoms with E-state index in [2.05, 4.69) is 10.3 Å². The molecule has 8 heteroatoms. The molecule has 0 atom stereocenters. The first-order valence-corrected chi connectivity index (χ1v) is 10.9. The molecule has 0 unspecified atom stereocenters. The Hall–Kier alpha value is -3.68. The molecule has 5 rings (SSSR count). The Kier molecular flexibility index (Phi) is 5.34. The predicted octanol–water partition coefficient (Wildman–Crippen LogP) is 5.74. The Morgan fingerprint density at radius 1 is 1.03 bits per heavy atom. The lowest BCUT2D eigenvalue weighted by Gasteiger charge is -2.11. The number of rotatable bonds is 5. The van der Waals surface area contributed by atoms with E-state index in [0.29, 0.717) is 26.7 Å². The fraction of sp³-hybridized carbons (Fsp3) is 0.0417. The number of carbonyl (C=O) groups is 1. The minimum absolute atomic E-state index is 0.0366. The second-order valence-electron chi connectivity index (χ2n) is 6.92. The van der Waals surface area contributed by atoms with E-state index < -0.39 is 5.91 Å². The second-order valence-corrected chi connectivity index (χ2v) is 8.38. The van der Waals surface area contributed by atoms with Gasteiger partial charge >= 0.3 is 0 Å². The number of hydrogen-bond donors (Lipinski definition) is 1. The molecule has 2 heterocycles. The van der Waals surface area contributed by atoms with E-state index in [0.717, 1.165) is 10.2 Å². The average Bonchev–Trinajstić information content (AvgIpc) is 3.21. The summed E-state index contributed by atoms with van der Waals surface area (Å²) in [6.45, 7) is -0.375. The fourth-order valence-corrected chi connectivity index (χ4v) is 4.27. The van der Waals surface area contributed by atoms with Gasteiger partial charge in [-0.15, -0.1) is 0 Å². The van der Waals surface area contributed by atoms with Gasteiger partial charge in [0.25, 0.3) is 5.91 Å². The largest absolute Gasteiger partial charge is 0.476 e. The Balaban J connectivity index is 1.45. The first-order chi connectivity index (χ1) is 15.6. The van der Waals surface area contributed by atoms with Crippen molar-refractivity contribution in [2.45, 2.75) is 0 Å². The number of nitrogens with zero attached hydrogens (tertiary/aromatic N) is 1. The van der Waals surface area contributed by atoms with Crippen LogP contribution in [0.15, 0.2) is 82.0 Å². The van der Waals surface area contributed by atoms with Crippen LogP contribution >= 0.6 is 22.9 Å². The molecule has 32 heavy (non-hydrogen) atoms. The smallest absolute Gasteiger partial charge is 0.264 e. The summed E-state index contributed by atoms with van der Waals surface area (Å²) in [5.74, 6) is -0.234. The molecular weight excluding hydrogens is 448 g/mol. The number of amides is 1. The van der Waals surface area contributed by atoms with Crippen molar-refractivity contribution in [1.29, 1.82) is 0 Å². The summed E-state index contributed by atoms with van der Waals surface area (Å²) >= 11 is 7.36. The summed E-state index contributed by atoms with van der Waals surface area (Å²) in [5, 5.41) is 4.10. The highest BCUT2D eigenvalue weighted by atomic mass is 35.5. The zero-order valence-corrected chi connectivity index (χ0v) is 18.1. The van der Waals surface area contributed by atoms with Crippen molar-refractivity contribution in [2.75, 3.05) is 11.9 Å². The summed E-state index contributed by atoms with van der Waals surface area (Å²) in [7, 11) is 0. The van der Waals surface area contributed by atoms with Gasteiger partial charge in [0.2, 0.25) is 11.2 Å². The van der Waals surface area contributed by atoms with Crippen molar-refractivity contribution in [3.8, 4) is 17.1 Å². The van der Waals surface area contributed by atoms with Crippen molar-refractivity contribution in [1.82, 2.24) is 4.98 Å².